The van der Waals surface area contributed by atoms with Gasteiger partial charge in [-0.1, -0.05) is 24.3 Å². The van der Waals surface area contributed by atoms with Gasteiger partial charge in [0.05, 0.1) is 0 Å². The van der Waals surface area contributed by atoms with Gasteiger partial charge >= 0.3 is 5.97 Å². The van der Waals surface area contributed by atoms with E-state index in [0.29, 0.717) is 5.56 Å². The van der Waals surface area contributed by atoms with Crippen LogP contribution in [0.15, 0.2) is 48.0 Å². The number of carboxylic acid groups (broad SMARTS) is 1. The van der Waals surface area contributed by atoms with Crippen molar-refractivity contribution in [3.8, 4) is 6.07 Å². The van der Waals surface area contributed by atoms with Gasteiger partial charge in [0.2, 0.25) is 0 Å². The van der Waals surface area contributed by atoms with Gasteiger partial charge in [-0.15, -0.1) is 0 Å². The van der Waals surface area contributed by atoms with Crippen LogP contribution in [0.5, 0.6) is 0 Å². The highest BCUT2D eigenvalue weighted by molar-refractivity contribution is 6.09. The number of aromatic nitrogens is 1. The Morgan fingerprint density at radius 1 is 1.23 bits per heavy atom. The van der Waals surface area contributed by atoms with E-state index in [-0.39, 0.29) is 5.57 Å². The second-order valence-electron chi connectivity index (χ2n) is 5.01. The molecule has 0 fully saturated rings. The van der Waals surface area contributed by atoms with Crippen LogP contribution in [0.3, 0.4) is 0 Å². The summed E-state index contributed by atoms with van der Waals surface area (Å²) >= 11 is 0. The molecule has 2 aromatic carbocycles. The van der Waals surface area contributed by atoms with Crippen molar-refractivity contribution in [1.82, 2.24) is 4.57 Å². The minimum atomic E-state index is -1.21. The number of para-hydroxylation sites is 1. The third kappa shape index (κ3) is 2.13. The molecule has 0 aliphatic rings. The monoisotopic (exact) mass is 290 g/mol. The number of carbonyl (C=O) groups is 1. The Morgan fingerprint density at radius 2 is 1.95 bits per heavy atom. The Hall–Kier alpha value is -3.06. The van der Waals surface area contributed by atoms with Gasteiger partial charge in [0.25, 0.3) is 0 Å². The van der Waals surface area contributed by atoms with E-state index in [1.54, 1.807) is 6.07 Å². The van der Waals surface area contributed by atoms with E-state index < -0.39 is 5.97 Å². The van der Waals surface area contributed by atoms with E-state index in [9.17, 15) is 4.79 Å². The summed E-state index contributed by atoms with van der Waals surface area (Å²) in [5.74, 6) is -1.21. The Morgan fingerprint density at radius 3 is 2.64 bits per heavy atom. The molecule has 1 heterocycles. The van der Waals surface area contributed by atoms with Crippen LogP contribution in [0.4, 0.5) is 0 Å². The predicted molar refractivity (Wildman–Crippen MR) is 86.3 cm³/mol. The van der Waals surface area contributed by atoms with E-state index in [2.05, 4.69) is 23.6 Å². The molecule has 0 spiro atoms. The Labute approximate surface area is 127 Å². The number of benzene rings is 2. The second-order valence-corrected chi connectivity index (χ2v) is 5.01. The van der Waals surface area contributed by atoms with Crippen LogP contribution in [0.2, 0.25) is 0 Å². The minimum absolute atomic E-state index is 0.265. The summed E-state index contributed by atoms with van der Waals surface area (Å²) in [4.78, 5) is 11.0. The van der Waals surface area contributed by atoms with Crippen molar-refractivity contribution in [1.29, 1.82) is 5.26 Å². The minimum Gasteiger partial charge on any atom is -0.477 e. The molecule has 0 saturated carbocycles. The van der Waals surface area contributed by atoms with Crippen LogP contribution >= 0.6 is 0 Å². The van der Waals surface area contributed by atoms with Crippen molar-refractivity contribution in [3.05, 3.63) is 53.6 Å². The van der Waals surface area contributed by atoms with Gasteiger partial charge in [0.15, 0.2) is 0 Å². The van der Waals surface area contributed by atoms with Gasteiger partial charge < -0.3 is 9.67 Å². The highest BCUT2D eigenvalue weighted by Crippen LogP contribution is 2.30. The lowest BCUT2D eigenvalue weighted by molar-refractivity contribution is -0.132. The molecule has 108 valence electrons. The SMILES string of the molecule is CCn1c2ccccc2c2cc(/C=C(/C#N)C(=O)O)ccc21. The molecule has 0 bridgehead atoms. The van der Waals surface area contributed by atoms with Crippen LogP contribution in [0.25, 0.3) is 27.9 Å². The first-order valence-corrected chi connectivity index (χ1v) is 7.01. The number of aryl methyl sites for hydroxylation is 1. The van der Waals surface area contributed by atoms with E-state index >= 15 is 0 Å². The van der Waals surface area contributed by atoms with E-state index in [4.69, 9.17) is 10.4 Å². The maximum atomic E-state index is 11.0. The highest BCUT2D eigenvalue weighted by Gasteiger charge is 2.10. The number of nitriles is 1. The van der Waals surface area contributed by atoms with Crippen molar-refractivity contribution >= 4 is 33.9 Å². The molecule has 4 heteroatoms. The fraction of sp³-hybridized carbons (Fsp3) is 0.111. The second kappa shape index (κ2) is 5.38. The van der Waals surface area contributed by atoms with Crippen molar-refractivity contribution < 1.29 is 9.90 Å². The van der Waals surface area contributed by atoms with Crippen molar-refractivity contribution in [2.45, 2.75) is 13.5 Å². The first-order valence-electron chi connectivity index (χ1n) is 7.01. The van der Waals surface area contributed by atoms with Gasteiger partial charge in [0.1, 0.15) is 11.6 Å². The molecule has 0 amide bonds. The molecule has 0 aliphatic carbocycles. The third-order valence-corrected chi connectivity index (χ3v) is 3.77. The van der Waals surface area contributed by atoms with Crippen molar-refractivity contribution in [3.63, 3.8) is 0 Å². The van der Waals surface area contributed by atoms with E-state index in [0.717, 1.165) is 28.4 Å². The van der Waals surface area contributed by atoms with E-state index in [1.807, 2.05) is 30.3 Å². The summed E-state index contributed by atoms with van der Waals surface area (Å²) in [6.07, 6.45) is 1.40. The standard InChI is InChI=1S/C18H14N2O2/c1-2-20-16-6-4-3-5-14(16)15-10-12(7-8-17(15)20)9-13(11-19)18(21)22/h3-10H,2H2,1H3,(H,21,22)/b13-9-. The third-order valence-electron chi connectivity index (χ3n) is 3.77. The highest BCUT2D eigenvalue weighted by atomic mass is 16.4. The molecule has 0 atom stereocenters. The Balaban J connectivity index is 2.29. The Bertz CT molecular complexity index is 958. The van der Waals surface area contributed by atoms with E-state index in [1.165, 1.54) is 6.08 Å². The van der Waals surface area contributed by atoms with Gasteiger partial charge in [-0.3, -0.25) is 0 Å². The van der Waals surface area contributed by atoms with Crippen LogP contribution in [-0.2, 0) is 11.3 Å². The number of fused-ring (bicyclic) bond motifs is 3. The fourth-order valence-electron chi connectivity index (χ4n) is 2.81. The molecule has 0 aliphatic heterocycles. The molecule has 3 aromatic rings. The zero-order valence-electron chi connectivity index (χ0n) is 12.1. The maximum absolute atomic E-state index is 11.0. The molecule has 0 unspecified atom stereocenters. The molecule has 1 aromatic heterocycles. The molecule has 0 saturated heterocycles. The van der Waals surface area contributed by atoms with Gasteiger partial charge in [-0.2, -0.15) is 5.26 Å². The smallest absolute Gasteiger partial charge is 0.346 e. The predicted octanol–water partition coefficient (Wildman–Crippen LogP) is 3.81. The molecule has 4 nitrogen and oxygen atoms in total. The van der Waals surface area contributed by atoms with Crippen LogP contribution in [0, 0.1) is 11.3 Å². The van der Waals surface area contributed by atoms with Crippen LogP contribution in [0.1, 0.15) is 12.5 Å². The quantitative estimate of drug-likeness (QED) is 0.589. The molecular weight excluding hydrogens is 276 g/mol. The normalized spacial score (nSPS) is 11.7. The number of nitrogens with zero attached hydrogens (tertiary/aromatic N) is 2. The van der Waals surface area contributed by atoms with Gasteiger partial charge in [-0.05, 0) is 36.8 Å². The molecule has 3 rings (SSSR count). The first kappa shape index (κ1) is 13.9. The topological polar surface area (TPSA) is 66.0 Å². The molecule has 22 heavy (non-hydrogen) atoms. The lowest BCUT2D eigenvalue weighted by Gasteiger charge is -2.02. The fourth-order valence-corrected chi connectivity index (χ4v) is 2.81. The van der Waals surface area contributed by atoms with Crippen molar-refractivity contribution in [2.24, 2.45) is 0 Å². The first-order chi connectivity index (χ1) is 10.7. The lowest BCUT2D eigenvalue weighted by atomic mass is 10.1. The average Bonchev–Trinajstić information content (AvgIpc) is 2.85. The van der Waals surface area contributed by atoms with Crippen LogP contribution < -0.4 is 0 Å². The number of aliphatic carboxylic acids is 1. The lowest BCUT2D eigenvalue weighted by Crippen LogP contribution is -1.97. The summed E-state index contributed by atoms with van der Waals surface area (Å²) in [6, 6.07) is 15.6. The van der Waals surface area contributed by atoms with Gasteiger partial charge in [0, 0.05) is 28.4 Å². The summed E-state index contributed by atoms with van der Waals surface area (Å²) in [7, 11) is 0. The molecule has 0 radical (unpaired) electrons. The van der Waals surface area contributed by atoms with Gasteiger partial charge in [-0.25, -0.2) is 4.79 Å². The number of hydrogen-bond acceptors (Lipinski definition) is 2. The number of carboxylic acids is 1. The molecule has 1 N–H and O–H groups in total. The average molecular weight is 290 g/mol. The van der Waals surface area contributed by atoms with Crippen LogP contribution in [-0.4, -0.2) is 15.6 Å². The summed E-state index contributed by atoms with van der Waals surface area (Å²) in [5.41, 5.74) is 2.71. The zero-order valence-corrected chi connectivity index (χ0v) is 12.1. The summed E-state index contributed by atoms with van der Waals surface area (Å²) in [5, 5.41) is 20.0. The molecular formula is C18H14N2O2. The van der Waals surface area contributed by atoms with Crippen molar-refractivity contribution in [2.75, 3.05) is 0 Å². The Kier molecular flexibility index (Phi) is 3.40. The maximum Gasteiger partial charge on any atom is 0.346 e. The zero-order chi connectivity index (χ0) is 15.7. The largest absolute Gasteiger partial charge is 0.477 e. The number of hydrogen-bond donors (Lipinski definition) is 1. The summed E-state index contributed by atoms with van der Waals surface area (Å²) < 4.78 is 2.22. The number of rotatable bonds is 3. The summed E-state index contributed by atoms with van der Waals surface area (Å²) in [6.45, 7) is 2.95.